The van der Waals surface area contributed by atoms with Crippen molar-refractivity contribution in [1.82, 2.24) is 14.7 Å². The predicted octanol–water partition coefficient (Wildman–Crippen LogP) is 3.76. The van der Waals surface area contributed by atoms with Crippen LogP contribution in [0.5, 0.6) is 0 Å². The molecule has 0 saturated heterocycles. The number of carbonyl (C=O) groups excluding carboxylic acids is 2. The third kappa shape index (κ3) is 7.06. The molecule has 1 aliphatic rings. The van der Waals surface area contributed by atoms with Gasteiger partial charge in [0.2, 0.25) is 0 Å². The molecule has 1 aliphatic heterocycles. The maximum absolute atomic E-state index is 13.2. The van der Waals surface area contributed by atoms with Gasteiger partial charge >= 0.3 is 5.97 Å². The van der Waals surface area contributed by atoms with Crippen LogP contribution in [0.25, 0.3) is 0 Å². The van der Waals surface area contributed by atoms with Gasteiger partial charge in [-0.3, -0.25) is 4.79 Å². The first-order chi connectivity index (χ1) is 15.2. The molecular weight excluding hydrogens is 442 g/mol. The Balaban J connectivity index is 0.00000544. The number of halogens is 1. The molecule has 2 rings (SSSR count). The number of hydrogen-bond acceptors (Lipinski definition) is 7. The number of nitrogens with zero attached hydrogens (tertiary/aromatic N) is 3. The van der Waals surface area contributed by atoms with Crippen molar-refractivity contribution >= 4 is 24.0 Å². The second-order valence-electron chi connectivity index (χ2n) is 8.35. The fraction of sp³-hybridized carbons (Fsp3) is 0.520. The molecule has 0 N–H and O–H groups in total. The Morgan fingerprint density at radius 2 is 1.67 bits per heavy atom. The van der Waals surface area contributed by atoms with Gasteiger partial charge in [0.1, 0.15) is 6.61 Å². The van der Waals surface area contributed by atoms with Crippen molar-refractivity contribution in [3.63, 3.8) is 0 Å². The summed E-state index contributed by atoms with van der Waals surface area (Å²) in [5, 5.41) is 0.547. The van der Waals surface area contributed by atoms with E-state index in [-0.39, 0.29) is 14.0 Å². The van der Waals surface area contributed by atoms with E-state index < -0.39 is 11.9 Å². The second-order valence-corrected chi connectivity index (χ2v) is 8.76. The van der Waals surface area contributed by atoms with Crippen LogP contribution in [0.1, 0.15) is 31.7 Å². The SMILES string of the molecule is C.COC(=O)C1=C(CCN(C)C)N(C)C(CCN(C)C)=C(COC=O)C1c1ccccc1Cl. The summed E-state index contributed by atoms with van der Waals surface area (Å²) in [6, 6.07) is 7.47. The van der Waals surface area contributed by atoms with Crippen molar-refractivity contribution in [3.8, 4) is 0 Å². The first kappa shape index (κ1) is 28.7. The Labute approximate surface area is 203 Å². The van der Waals surface area contributed by atoms with Crippen LogP contribution in [-0.2, 0) is 19.1 Å². The molecule has 0 bridgehead atoms. The quantitative estimate of drug-likeness (QED) is 0.353. The summed E-state index contributed by atoms with van der Waals surface area (Å²) in [4.78, 5) is 30.5. The van der Waals surface area contributed by atoms with Crippen LogP contribution < -0.4 is 0 Å². The molecule has 33 heavy (non-hydrogen) atoms. The molecule has 1 aromatic carbocycles. The number of hydrogen-bond donors (Lipinski definition) is 0. The Morgan fingerprint density at radius 3 is 2.18 bits per heavy atom. The second kappa shape index (κ2) is 13.4. The third-order valence-corrected chi connectivity index (χ3v) is 5.99. The van der Waals surface area contributed by atoms with Gasteiger partial charge in [-0.05, 0) is 45.4 Å². The predicted molar refractivity (Wildman–Crippen MR) is 133 cm³/mol. The highest BCUT2D eigenvalue weighted by molar-refractivity contribution is 6.31. The van der Waals surface area contributed by atoms with Crippen molar-refractivity contribution in [2.45, 2.75) is 26.2 Å². The van der Waals surface area contributed by atoms with Crippen LogP contribution >= 0.6 is 11.6 Å². The van der Waals surface area contributed by atoms with Crippen molar-refractivity contribution in [2.75, 3.05) is 62.0 Å². The number of methoxy groups -OCH3 is 1. The van der Waals surface area contributed by atoms with Gasteiger partial charge < -0.3 is 24.2 Å². The Hall–Kier alpha value is -2.35. The van der Waals surface area contributed by atoms with E-state index in [4.69, 9.17) is 21.1 Å². The van der Waals surface area contributed by atoms with Crippen LogP contribution in [0.2, 0.25) is 5.02 Å². The fourth-order valence-corrected chi connectivity index (χ4v) is 4.29. The van der Waals surface area contributed by atoms with Crippen LogP contribution in [-0.4, -0.2) is 89.2 Å². The van der Waals surface area contributed by atoms with Crippen LogP contribution in [0, 0.1) is 0 Å². The summed E-state index contributed by atoms with van der Waals surface area (Å²) in [6.07, 6.45) is 1.38. The Bertz CT molecular complexity index is 880. The van der Waals surface area contributed by atoms with E-state index in [2.05, 4.69) is 14.7 Å². The van der Waals surface area contributed by atoms with Gasteiger partial charge in [0.25, 0.3) is 6.47 Å². The molecule has 0 saturated carbocycles. The van der Waals surface area contributed by atoms with Gasteiger partial charge in [-0.25, -0.2) is 4.79 Å². The van der Waals surface area contributed by atoms with Crippen LogP contribution in [0.15, 0.2) is 46.8 Å². The minimum absolute atomic E-state index is 0. The van der Waals surface area contributed by atoms with Gasteiger partial charge in [0, 0.05) is 55.3 Å². The van der Waals surface area contributed by atoms with Crippen molar-refractivity contribution in [1.29, 1.82) is 0 Å². The summed E-state index contributed by atoms with van der Waals surface area (Å²) >= 11 is 6.62. The van der Waals surface area contributed by atoms with E-state index in [1.165, 1.54) is 7.11 Å². The van der Waals surface area contributed by atoms with E-state index in [9.17, 15) is 9.59 Å². The average Bonchev–Trinajstić information content (AvgIpc) is 2.75. The van der Waals surface area contributed by atoms with Gasteiger partial charge in [-0.2, -0.15) is 0 Å². The van der Waals surface area contributed by atoms with Gasteiger partial charge in [0.05, 0.1) is 12.7 Å². The van der Waals surface area contributed by atoms with Gasteiger partial charge in [-0.15, -0.1) is 0 Å². The van der Waals surface area contributed by atoms with E-state index >= 15 is 0 Å². The summed E-state index contributed by atoms with van der Waals surface area (Å²) < 4.78 is 10.5. The summed E-state index contributed by atoms with van der Waals surface area (Å²) in [5.41, 5.74) is 4.06. The first-order valence-corrected chi connectivity index (χ1v) is 11.0. The smallest absolute Gasteiger partial charge is 0.336 e. The summed E-state index contributed by atoms with van der Waals surface area (Å²) in [7, 11) is 11.4. The molecule has 1 unspecified atom stereocenters. The van der Waals surface area contributed by atoms with Crippen LogP contribution in [0.4, 0.5) is 0 Å². The van der Waals surface area contributed by atoms with E-state index in [0.29, 0.717) is 23.5 Å². The summed E-state index contributed by atoms with van der Waals surface area (Å²) in [6.45, 7) is 2.06. The molecular formula is C25H38ClN3O4. The molecule has 1 atom stereocenters. The van der Waals surface area contributed by atoms with E-state index in [1.54, 1.807) is 6.07 Å². The molecule has 1 heterocycles. The third-order valence-electron chi connectivity index (χ3n) is 5.65. The van der Waals surface area contributed by atoms with Crippen molar-refractivity contribution in [3.05, 3.63) is 57.4 Å². The molecule has 1 aromatic rings. The summed E-state index contributed by atoms with van der Waals surface area (Å²) in [5.74, 6) is -0.882. The lowest BCUT2D eigenvalue weighted by Crippen LogP contribution is -2.35. The lowest BCUT2D eigenvalue weighted by atomic mass is 9.78. The lowest BCUT2D eigenvalue weighted by Gasteiger charge is -2.39. The van der Waals surface area contributed by atoms with Crippen LogP contribution in [0.3, 0.4) is 0 Å². The number of benzene rings is 1. The average molecular weight is 480 g/mol. The number of carbonyl (C=O) groups is 2. The fourth-order valence-electron chi connectivity index (χ4n) is 4.04. The van der Waals surface area contributed by atoms with Crippen molar-refractivity contribution < 1.29 is 19.1 Å². The maximum atomic E-state index is 13.2. The highest BCUT2D eigenvalue weighted by Gasteiger charge is 2.39. The number of ether oxygens (including phenoxy) is 2. The Kier molecular flexibility index (Phi) is 11.6. The Morgan fingerprint density at radius 1 is 1.09 bits per heavy atom. The first-order valence-electron chi connectivity index (χ1n) is 10.6. The van der Waals surface area contributed by atoms with Gasteiger partial charge in [-0.1, -0.05) is 37.2 Å². The maximum Gasteiger partial charge on any atom is 0.336 e. The number of esters is 1. The zero-order valence-electron chi connectivity index (χ0n) is 19.9. The highest BCUT2D eigenvalue weighted by Crippen LogP contribution is 2.45. The minimum Gasteiger partial charge on any atom is -0.466 e. The topological polar surface area (TPSA) is 62.3 Å². The van der Waals surface area contributed by atoms with E-state index in [0.717, 1.165) is 42.0 Å². The van der Waals surface area contributed by atoms with Gasteiger partial charge in [0.15, 0.2) is 0 Å². The molecule has 184 valence electrons. The van der Waals surface area contributed by atoms with E-state index in [1.807, 2.05) is 53.4 Å². The monoisotopic (exact) mass is 479 g/mol. The highest BCUT2D eigenvalue weighted by atomic mass is 35.5. The molecule has 0 fully saturated rings. The molecule has 0 amide bonds. The molecule has 0 aromatic heterocycles. The largest absolute Gasteiger partial charge is 0.466 e. The zero-order valence-corrected chi connectivity index (χ0v) is 20.6. The van der Waals surface area contributed by atoms with Crippen molar-refractivity contribution in [2.24, 2.45) is 0 Å². The molecule has 8 heteroatoms. The zero-order chi connectivity index (χ0) is 23.8. The normalized spacial score (nSPS) is 16.3. The molecule has 0 aliphatic carbocycles. The molecule has 0 radical (unpaired) electrons. The lowest BCUT2D eigenvalue weighted by molar-refractivity contribution is -0.136. The minimum atomic E-state index is -0.471. The molecule has 0 spiro atoms. The number of rotatable bonds is 11. The standard InChI is InChI=1S/C24H34ClN3O4.CH4/c1-26(2)13-11-20-18(15-32-16-29)22(17-9-7-8-10-19(17)25)23(24(30)31-6)21(28(20)5)12-14-27(3)4;/h7-10,16,22H,11-15H2,1-6H3;1H4. The molecule has 7 nitrogen and oxygen atoms in total.